The zero-order valence-electron chi connectivity index (χ0n) is 10.8. The van der Waals surface area contributed by atoms with Gasteiger partial charge in [0, 0.05) is 13.2 Å². The molecule has 0 atom stereocenters. The molecule has 1 aromatic rings. The molecule has 19 heavy (non-hydrogen) atoms. The Morgan fingerprint density at radius 1 is 1.21 bits per heavy atom. The molecule has 3 nitrogen and oxygen atoms in total. The van der Waals surface area contributed by atoms with Crippen molar-refractivity contribution in [1.29, 1.82) is 0 Å². The second-order valence-electron chi connectivity index (χ2n) is 4.79. The molecule has 0 saturated carbocycles. The lowest BCUT2D eigenvalue weighted by molar-refractivity contribution is 0.0495. The summed E-state index contributed by atoms with van der Waals surface area (Å²) in [6, 6.07) is 4.16. The van der Waals surface area contributed by atoms with Crippen molar-refractivity contribution < 1.29 is 9.47 Å². The molecule has 5 heteroatoms. The number of hydrogen-bond donors (Lipinski definition) is 1. The molecule has 0 unspecified atom stereocenters. The first kappa shape index (κ1) is 15.3. The van der Waals surface area contributed by atoms with E-state index in [-0.39, 0.29) is 0 Å². The summed E-state index contributed by atoms with van der Waals surface area (Å²) >= 11 is 7.14. The smallest absolute Gasteiger partial charge is 0.147 e. The van der Waals surface area contributed by atoms with Crippen molar-refractivity contribution in [3.8, 4) is 5.75 Å². The van der Waals surface area contributed by atoms with Crippen LogP contribution >= 0.6 is 31.9 Å². The summed E-state index contributed by atoms with van der Waals surface area (Å²) in [5.41, 5.74) is 6.79. The Morgan fingerprint density at radius 2 is 1.84 bits per heavy atom. The van der Waals surface area contributed by atoms with Crippen molar-refractivity contribution in [1.82, 2.24) is 0 Å². The van der Waals surface area contributed by atoms with Crippen LogP contribution in [0, 0.1) is 5.92 Å². The van der Waals surface area contributed by atoms with Crippen LogP contribution in [0.1, 0.15) is 18.4 Å². The average molecular weight is 393 g/mol. The molecule has 1 aromatic carbocycles. The van der Waals surface area contributed by atoms with Crippen LogP contribution in [0.15, 0.2) is 21.1 Å². The minimum Gasteiger partial charge on any atom is -0.491 e. The number of rotatable bonds is 5. The van der Waals surface area contributed by atoms with E-state index < -0.39 is 0 Å². The third-order valence-electron chi connectivity index (χ3n) is 3.30. The molecule has 2 rings (SSSR count). The third kappa shape index (κ3) is 4.45. The fourth-order valence-corrected chi connectivity index (χ4v) is 3.69. The molecule has 0 spiro atoms. The normalized spacial score (nSPS) is 16.6. The average Bonchev–Trinajstić information content (AvgIpc) is 2.39. The zero-order valence-corrected chi connectivity index (χ0v) is 14.0. The van der Waals surface area contributed by atoms with Gasteiger partial charge in [-0.05, 0) is 81.3 Å². The Hall–Kier alpha value is -0.100. The van der Waals surface area contributed by atoms with Crippen LogP contribution in [-0.2, 0) is 11.2 Å². The van der Waals surface area contributed by atoms with Crippen molar-refractivity contribution in [3.05, 3.63) is 26.6 Å². The van der Waals surface area contributed by atoms with E-state index in [1.54, 1.807) is 0 Å². The molecular weight excluding hydrogens is 374 g/mol. The molecular formula is C14H19Br2NO2. The first-order chi connectivity index (χ1) is 9.20. The summed E-state index contributed by atoms with van der Waals surface area (Å²) in [6.45, 7) is 3.11. The summed E-state index contributed by atoms with van der Waals surface area (Å²) in [6.07, 6.45) is 3.04. The second-order valence-corrected chi connectivity index (χ2v) is 6.50. The highest BCUT2D eigenvalue weighted by molar-refractivity contribution is 9.11. The van der Waals surface area contributed by atoms with Gasteiger partial charge >= 0.3 is 0 Å². The lowest BCUT2D eigenvalue weighted by Gasteiger charge is -2.23. The van der Waals surface area contributed by atoms with Crippen molar-refractivity contribution in [3.63, 3.8) is 0 Å². The Labute approximate surface area is 131 Å². The second kappa shape index (κ2) is 7.62. The minimum atomic E-state index is 0.594. The molecule has 0 bridgehead atoms. The van der Waals surface area contributed by atoms with Gasteiger partial charge in [-0.25, -0.2) is 0 Å². The first-order valence-corrected chi connectivity index (χ1v) is 8.18. The van der Waals surface area contributed by atoms with Crippen LogP contribution in [-0.4, -0.2) is 26.4 Å². The largest absolute Gasteiger partial charge is 0.491 e. The Kier molecular flexibility index (Phi) is 6.13. The SMILES string of the molecule is NCCc1cc(Br)c(OCC2CCOCC2)c(Br)c1. The minimum absolute atomic E-state index is 0.594. The fourth-order valence-electron chi connectivity index (χ4n) is 2.18. The van der Waals surface area contributed by atoms with Gasteiger partial charge in [0.1, 0.15) is 5.75 Å². The number of ether oxygens (including phenoxy) is 2. The van der Waals surface area contributed by atoms with E-state index in [1.807, 2.05) is 0 Å². The van der Waals surface area contributed by atoms with Crippen molar-refractivity contribution >= 4 is 31.9 Å². The van der Waals surface area contributed by atoms with Gasteiger partial charge in [0.15, 0.2) is 0 Å². The molecule has 106 valence electrons. The van der Waals surface area contributed by atoms with Crippen LogP contribution in [0.2, 0.25) is 0 Å². The summed E-state index contributed by atoms with van der Waals surface area (Å²) in [5.74, 6) is 1.48. The van der Waals surface area contributed by atoms with Crippen LogP contribution in [0.4, 0.5) is 0 Å². The van der Waals surface area contributed by atoms with Gasteiger partial charge in [0.05, 0.1) is 15.6 Å². The van der Waals surface area contributed by atoms with E-state index >= 15 is 0 Å². The highest BCUT2D eigenvalue weighted by atomic mass is 79.9. The number of halogens is 2. The molecule has 1 heterocycles. The van der Waals surface area contributed by atoms with Gasteiger partial charge in [0.2, 0.25) is 0 Å². The molecule has 1 aliphatic heterocycles. The maximum Gasteiger partial charge on any atom is 0.147 e. The Balaban J connectivity index is 1.99. The quantitative estimate of drug-likeness (QED) is 0.833. The highest BCUT2D eigenvalue weighted by Gasteiger charge is 2.16. The molecule has 0 amide bonds. The summed E-state index contributed by atoms with van der Waals surface area (Å²) in [7, 11) is 0. The molecule has 0 radical (unpaired) electrons. The summed E-state index contributed by atoms with van der Waals surface area (Å²) < 4.78 is 13.3. The number of hydrogen-bond acceptors (Lipinski definition) is 3. The molecule has 0 aliphatic carbocycles. The van der Waals surface area contributed by atoms with Crippen molar-refractivity contribution in [2.24, 2.45) is 11.7 Å². The molecule has 1 saturated heterocycles. The summed E-state index contributed by atoms with van der Waals surface area (Å²) in [5, 5.41) is 0. The lowest BCUT2D eigenvalue weighted by Crippen LogP contribution is -2.21. The van der Waals surface area contributed by atoms with Crippen LogP contribution in [0.3, 0.4) is 0 Å². The van der Waals surface area contributed by atoms with E-state index in [4.69, 9.17) is 15.2 Å². The van der Waals surface area contributed by atoms with Crippen LogP contribution in [0.5, 0.6) is 5.75 Å². The van der Waals surface area contributed by atoms with Gasteiger partial charge in [0.25, 0.3) is 0 Å². The number of nitrogens with two attached hydrogens (primary N) is 1. The zero-order chi connectivity index (χ0) is 13.7. The van der Waals surface area contributed by atoms with Gasteiger partial charge < -0.3 is 15.2 Å². The van der Waals surface area contributed by atoms with Gasteiger partial charge in [-0.3, -0.25) is 0 Å². The van der Waals surface area contributed by atoms with Crippen LogP contribution < -0.4 is 10.5 Å². The van der Waals surface area contributed by atoms with E-state index in [1.165, 1.54) is 5.56 Å². The predicted molar refractivity (Wildman–Crippen MR) is 83.6 cm³/mol. The first-order valence-electron chi connectivity index (χ1n) is 6.59. The molecule has 1 fully saturated rings. The third-order valence-corrected chi connectivity index (χ3v) is 4.47. The maximum absolute atomic E-state index is 5.96. The summed E-state index contributed by atoms with van der Waals surface area (Å²) in [4.78, 5) is 0. The van der Waals surface area contributed by atoms with Crippen molar-refractivity contribution in [2.45, 2.75) is 19.3 Å². The molecule has 1 aliphatic rings. The van der Waals surface area contributed by atoms with E-state index in [2.05, 4.69) is 44.0 Å². The molecule has 2 N–H and O–H groups in total. The van der Waals surface area contributed by atoms with Gasteiger partial charge in [-0.1, -0.05) is 0 Å². The Morgan fingerprint density at radius 3 is 2.42 bits per heavy atom. The van der Waals surface area contributed by atoms with E-state index in [0.717, 1.165) is 53.8 Å². The Bertz CT molecular complexity index is 397. The number of benzene rings is 1. The predicted octanol–water partition coefficient (Wildman–Crippen LogP) is 3.52. The maximum atomic E-state index is 5.96. The van der Waals surface area contributed by atoms with E-state index in [0.29, 0.717) is 12.5 Å². The van der Waals surface area contributed by atoms with Crippen LogP contribution in [0.25, 0.3) is 0 Å². The highest BCUT2D eigenvalue weighted by Crippen LogP contribution is 2.35. The lowest BCUT2D eigenvalue weighted by atomic mass is 10.0. The van der Waals surface area contributed by atoms with E-state index in [9.17, 15) is 0 Å². The fraction of sp³-hybridized carbons (Fsp3) is 0.571. The van der Waals surface area contributed by atoms with Gasteiger partial charge in [-0.15, -0.1) is 0 Å². The van der Waals surface area contributed by atoms with Crippen molar-refractivity contribution in [2.75, 3.05) is 26.4 Å². The standard InChI is InChI=1S/C14H19Br2NO2/c15-12-7-11(1-4-17)8-13(16)14(12)19-9-10-2-5-18-6-3-10/h7-8,10H,1-6,9,17H2. The topological polar surface area (TPSA) is 44.5 Å². The van der Waals surface area contributed by atoms with Gasteiger partial charge in [-0.2, -0.15) is 0 Å². The monoisotopic (exact) mass is 391 g/mol. The molecule has 0 aromatic heterocycles.